The zero-order valence-electron chi connectivity index (χ0n) is 13.8. The first-order chi connectivity index (χ1) is 11.0. The van der Waals surface area contributed by atoms with Crippen LogP contribution in [0.3, 0.4) is 0 Å². The minimum atomic E-state index is -0.111. The van der Waals surface area contributed by atoms with Crippen molar-refractivity contribution in [2.24, 2.45) is 0 Å². The van der Waals surface area contributed by atoms with Crippen molar-refractivity contribution in [3.8, 4) is 0 Å². The molecule has 0 bridgehead atoms. The maximum atomic E-state index is 12.5. The molecule has 4 nitrogen and oxygen atoms in total. The summed E-state index contributed by atoms with van der Waals surface area (Å²) in [5, 5.41) is 0. The Hall–Kier alpha value is -2.62. The van der Waals surface area contributed by atoms with Crippen LogP contribution in [0.5, 0.6) is 0 Å². The molecule has 2 aromatic carbocycles. The average molecular weight is 310 g/mol. The van der Waals surface area contributed by atoms with Gasteiger partial charge in [-0.1, -0.05) is 42.5 Å². The van der Waals surface area contributed by atoms with Crippen molar-refractivity contribution in [3.63, 3.8) is 0 Å². The number of likely N-dealkylation sites (N-methyl/N-ethyl adjacent to an activating group) is 1. The van der Waals surface area contributed by atoms with E-state index in [-0.39, 0.29) is 18.4 Å². The van der Waals surface area contributed by atoms with Gasteiger partial charge in [0.2, 0.25) is 11.8 Å². The zero-order chi connectivity index (χ0) is 16.8. The van der Waals surface area contributed by atoms with Gasteiger partial charge >= 0.3 is 0 Å². The van der Waals surface area contributed by atoms with Gasteiger partial charge < -0.3 is 9.80 Å². The fourth-order valence-electron chi connectivity index (χ4n) is 2.34. The quantitative estimate of drug-likeness (QED) is 0.852. The number of benzene rings is 2. The standard InChI is InChI=1S/C19H22N2O2/c1-15-9-7-8-10-17(15)13-21(16(2)22)14-19(23)20(3)18-11-5-4-6-12-18/h4-12H,13-14H2,1-3H3. The fraction of sp³-hybridized carbons (Fsp3) is 0.263. The van der Waals surface area contributed by atoms with Crippen molar-refractivity contribution < 1.29 is 9.59 Å². The van der Waals surface area contributed by atoms with Crippen LogP contribution in [0.1, 0.15) is 18.1 Å². The average Bonchev–Trinajstić information content (AvgIpc) is 2.56. The lowest BCUT2D eigenvalue weighted by Gasteiger charge is -2.25. The summed E-state index contributed by atoms with van der Waals surface area (Å²) in [6, 6.07) is 17.3. The monoisotopic (exact) mass is 310 g/mol. The number of rotatable bonds is 5. The number of hydrogen-bond donors (Lipinski definition) is 0. The zero-order valence-corrected chi connectivity index (χ0v) is 13.8. The van der Waals surface area contributed by atoms with Gasteiger partial charge in [-0.15, -0.1) is 0 Å². The molecule has 2 rings (SSSR count). The Kier molecular flexibility index (Phi) is 5.52. The lowest BCUT2D eigenvalue weighted by Crippen LogP contribution is -2.40. The van der Waals surface area contributed by atoms with Gasteiger partial charge in [-0.2, -0.15) is 0 Å². The van der Waals surface area contributed by atoms with Crippen molar-refractivity contribution in [3.05, 3.63) is 65.7 Å². The Labute approximate surface area is 137 Å². The number of aryl methyl sites for hydroxylation is 1. The second-order valence-electron chi connectivity index (χ2n) is 5.59. The third kappa shape index (κ3) is 4.42. The van der Waals surface area contributed by atoms with Crippen LogP contribution < -0.4 is 4.90 Å². The molecule has 0 aliphatic rings. The van der Waals surface area contributed by atoms with E-state index in [1.54, 1.807) is 16.8 Å². The Morgan fingerprint density at radius 3 is 2.17 bits per heavy atom. The molecule has 0 N–H and O–H groups in total. The summed E-state index contributed by atoms with van der Waals surface area (Å²) in [6.07, 6.45) is 0. The molecule has 0 saturated heterocycles. The molecule has 0 atom stereocenters. The maximum Gasteiger partial charge on any atom is 0.246 e. The van der Waals surface area contributed by atoms with Crippen LogP contribution in [0.15, 0.2) is 54.6 Å². The third-order valence-electron chi connectivity index (χ3n) is 3.91. The molecule has 0 aliphatic carbocycles. The second-order valence-corrected chi connectivity index (χ2v) is 5.59. The number of carbonyl (C=O) groups is 2. The first-order valence-electron chi connectivity index (χ1n) is 7.60. The predicted molar refractivity (Wildman–Crippen MR) is 92.1 cm³/mol. The predicted octanol–water partition coefficient (Wildman–Crippen LogP) is 3.01. The number of carbonyl (C=O) groups excluding carboxylic acids is 2. The molecule has 4 heteroatoms. The number of hydrogen-bond acceptors (Lipinski definition) is 2. The van der Waals surface area contributed by atoms with E-state index in [1.807, 2.05) is 61.5 Å². The molecule has 0 aliphatic heterocycles. The second kappa shape index (κ2) is 7.58. The molecule has 23 heavy (non-hydrogen) atoms. The van der Waals surface area contributed by atoms with Crippen LogP contribution in [0.25, 0.3) is 0 Å². The fourth-order valence-corrected chi connectivity index (χ4v) is 2.34. The van der Waals surface area contributed by atoms with Crippen molar-refractivity contribution in [2.75, 3.05) is 18.5 Å². The van der Waals surface area contributed by atoms with E-state index >= 15 is 0 Å². The molecule has 0 heterocycles. The Bertz CT molecular complexity index is 683. The molecular weight excluding hydrogens is 288 g/mol. The van der Waals surface area contributed by atoms with Gasteiger partial charge in [0.1, 0.15) is 6.54 Å². The smallest absolute Gasteiger partial charge is 0.246 e. The minimum Gasteiger partial charge on any atom is -0.329 e. The van der Waals surface area contributed by atoms with Gasteiger partial charge in [0.05, 0.1) is 0 Å². The van der Waals surface area contributed by atoms with Crippen LogP contribution >= 0.6 is 0 Å². The first kappa shape index (κ1) is 16.7. The molecule has 0 radical (unpaired) electrons. The Morgan fingerprint density at radius 2 is 1.57 bits per heavy atom. The SMILES string of the molecule is CC(=O)N(CC(=O)N(C)c1ccccc1)Cc1ccccc1C. The third-order valence-corrected chi connectivity index (χ3v) is 3.91. The lowest BCUT2D eigenvalue weighted by atomic mass is 10.1. The van der Waals surface area contributed by atoms with E-state index in [9.17, 15) is 9.59 Å². The number of anilines is 1. The molecule has 2 aromatic rings. The number of nitrogens with zero attached hydrogens (tertiary/aromatic N) is 2. The summed E-state index contributed by atoms with van der Waals surface area (Å²) in [6.45, 7) is 4.01. The van der Waals surface area contributed by atoms with E-state index in [0.717, 1.165) is 16.8 Å². The lowest BCUT2D eigenvalue weighted by molar-refractivity contribution is -0.133. The van der Waals surface area contributed by atoms with E-state index < -0.39 is 0 Å². The summed E-state index contributed by atoms with van der Waals surface area (Å²) in [4.78, 5) is 27.5. The highest BCUT2D eigenvalue weighted by Crippen LogP contribution is 2.14. The van der Waals surface area contributed by atoms with Crippen molar-refractivity contribution in [2.45, 2.75) is 20.4 Å². The maximum absolute atomic E-state index is 12.5. The minimum absolute atomic E-state index is 0.0645. The van der Waals surface area contributed by atoms with Gasteiger partial charge in [0.25, 0.3) is 0 Å². The van der Waals surface area contributed by atoms with Gasteiger partial charge in [0.15, 0.2) is 0 Å². The van der Waals surface area contributed by atoms with E-state index in [2.05, 4.69) is 0 Å². The number of para-hydroxylation sites is 1. The largest absolute Gasteiger partial charge is 0.329 e. The highest BCUT2D eigenvalue weighted by atomic mass is 16.2. The summed E-state index contributed by atoms with van der Waals surface area (Å²) in [5.74, 6) is -0.219. The molecular formula is C19H22N2O2. The van der Waals surface area contributed by atoms with Crippen LogP contribution in [0.2, 0.25) is 0 Å². The summed E-state index contributed by atoms with van der Waals surface area (Å²) in [7, 11) is 1.73. The molecule has 0 unspecified atom stereocenters. The Morgan fingerprint density at radius 1 is 0.957 bits per heavy atom. The van der Waals surface area contributed by atoms with Crippen molar-refractivity contribution in [1.82, 2.24) is 4.90 Å². The summed E-state index contributed by atoms with van der Waals surface area (Å²) < 4.78 is 0. The highest BCUT2D eigenvalue weighted by Gasteiger charge is 2.18. The van der Waals surface area contributed by atoms with Crippen LogP contribution in [-0.2, 0) is 16.1 Å². The molecule has 120 valence electrons. The van der Waals surface area contributed by atoms with Gasteiger partial charge in [-0.05, 0) is 30.2 Å². The van der Waals surface area contributed by atoms with Gasteiger partial charge in [0, 0.05) is 26.2 Å². The van der Waals surface area contributed by atoms with Crippen LogP contribution in [0.4, 0.5) is 5.69 Å². The molecule has 2 amide bonds. The summed E-state index contributed by atoms with van der Waals surface area (Å²) >= 11 is 0. The van der Waals surface area contributed by atoms with Gasteiger partial charge in [-0.3, -0.25) is 9.59 Å². The summed E-state index contributed by atoms with van der Waals surface area (Å²) in [5.41, 5.74) is 2.98. The normalized spacial score (nSPS) is 10.2. The topological polar surface area (TPSA) is 40.6 Å². The molecule has 0 fully saturated rings. The van der Waals surface area contributed by atoms with E-state index in [4.69, 9.17) is 0 Å². The highest BCUT2D eigenvalue weighted by molar-refractivity contribution is 5.96. The van der Waals surface area contributed by atoms with Crippen molar-refractivity contribution >= 4 is 17.5 Å². The van der Waals surface area contributed by atoms with Crippen molar-refractivity contribution in [1.29, 1.82) is 0 Å². The van der Waals surface area contributed by atoms with E-state index in [0.29, 0.717) is 6.54 Å². The number of amides is 2. The van der Waals surface area contributed by atoms with Crippen LogP contribution in [0, 0.1) is 6.92 Å². The first-order valence-corrected chi connectivity index (χ1v) is 7.60. The Balaban J connectivity index is 2.09. The van der Waals surface area contributed by atoms with Gasteiger partial charge in [-0.25, -0.2) is 0 Å². The van der Waals surface area contributed by atoms with Crippen LogP contribution in [-0.4, -0.2) is 30.3 Å². The molecule has 0 spiro atoms. The molecule has 0 saturated carbocycles. The molecule has 0 aromatic heterocycles. The van der Waals surface area contributed by atoms with E-state index in [1.165, 1.54) is 6.92 Å².